The molecule has 0 radical (unpaired) electrons. The molecule has 0 atom stereocenters. The minimum atomic E-state index is -0.170. The largest absolute Gasteiger partial charge is 0.491 e. The van der Waals surface area contributed by atoms with Crippen LogP contribution in [0.1, 0.15) is 49.5 Å². The van der Waals surface area contributed by atoms with E-state index in [0.29, 0.717) is 41.2 Å². The Bertz CT molecular complexity index is 1170. The normalized spacial score (nSPS) is 14.4. The molecule has 0 saturated heterocycles. The third-order valence-corrected chi connectivity index (χ3v) is 5.97. The summed E-state index contributed by atoms with van der Waals surface area (Å²) in [4.78, 5) is 21.3. The van der Waals surface area contributed by atoms with Crippen LogP contribution in [0.15, 0.2) is 48.7 Å². The second-order valence-corrected chi connectivity index (χ2v) is 8.97. The van der Waals surface area contributed by atoms with Gasteiger partial charge in [0.2, 0.25) is 5.95 Å². The summed E-state index contributed by atoms with van der Waals surface area (Å²) in [5.74, 6) is 1.43. The van der Waals surface area contributed by atoms with Crippen molar-refractivity contribution in [3.8, 4) is 5.75 Å². The first-order valence-electron chi connectivity index (χ1n) is 11.1. The summed E-state index contributed by atoms with van der Waals surface area (Å²) in [5, 5.41) is 9.62. The van der Waals surface area contributed by atoms with Crippen LogP contribution in [-0.4, -0.2) is 29.0 Å². The topological polar surface area (TPSA) is 88.2 Å². The van der Waals surface area contributed by atoms with E-state index >= 15 is 0 Å². The Hall–Kier alpha value is -3.32. The third kappa shape index (κ3) is 5.03. The highest BCUT2D eigenvalue weighted by Gasteiger charge is 2.28. The quantitative estimate of drug-likeness (QED) is 0.425. The summed E-state index contributed by atoms with van der Waals surface area (Å²) >= 11 is 6.38. The molecule has 1 aliphatic rings. The van der Waals surface area contributed by atoms with Gasteiger partial charge < -0.3 is 20.7 Å². The third-order valence-electron chi connectivity index (χ3n) is 5.69. The average molecular weight is 466 g/mol. The molecule has 1 aliphatic heterocycles. The lowest BCUT2D eigenvalue weighted by molar-refractivity contribution is 0.0956. The maximum atomic E-state index is 12.4. The number of ether oxygens (including phenoxy) is 1. The van der Waals surface area contributed by atoms with E-state index in [0.717, 1.165) is 29.8 Å². The van der Waals surface area contributed by atoms with E-state index in [9.17, 15) is 4.79 Å². The van der Waals surface area contributed by atoms with Crippen molar-refractivity contribution in [2.24, 2.45) is 0 Å². The summed E-state index contributed by atoms with van der Waals surface area (Å²) in [7, 11) is 0. The van der Waals surface area contributed by atoms with Gasteiger partial charge in [0, 0.05) is 12.1 Å². The number of benzene rings is 2. The van der Waals surface area contributed by atoms with Crippen LogP contribution in [0.25, 0.3) is 0 Å². The number of fused-ring (bicyclic) bond motifs is 1. The zero-order chi connectivity index (χ0) is 23.4. The Labute approximate surface area is 198 Å². The number of anilines is 4. The van der Waals surface area contributed by atoms with Gasteiger partial charge in [0.25, 0.3) is 5.91 Å². The van der Waals surface area contributed by atoms with Gasteiger partial charge in [-0.2, -0.15) is 4.98 Å². The smallest absolute Gasteiger partial charge is 0.253 e. The summed E-state index contributed by atoms with van der Waals surface area (Å²) in [6.45, 7) is 7.55. The molecule has 33 heavy (non-hydrogen) atoms. The Kier molecular flexibility index (Phi) is 6.70. The molecule has 1 aromatic heterocycles. The van der Waals surface area contributed by atoms with E-state index < -0.39 is 0 Å². The molecule has 172 valence electrons. The number of rotatable bonds is 6. The van der Waals surface area contributed by atoms with E-state index in [2.05, 4.69) is 45.8 Å². The van der Waals surface area contributed by atoms with Crippen LogP contribution in [0.4, 0.5) is 23.1 Å². The maximum Gasteiger partial charge on any atom is 0.253 e. The second kappa shape index (κ2) is 9.67. The van der Waals surface area contributed by atoms with Crippen LogP contribution < -0.4 is 20.7 Å². The first-order valence-corrected chi connectivity index (χ1v) is 11.5. The van der Waals surface area contributed by atoms with Gasteiger partial charge in [-0.05, 0) is 43.4 Å². The predicted octanol–water partition coefficient (Wildman–Crippen LogP) is 5.82. The van der Waals surface area contributed by atoms with Crippen molar-refractivity contribution in [2.45, 2.75) is 39.0 Å². The fourth-order valence-corrected chi connectivity index (χ4v) is 4.09. The average Bonchev–Trinajstić information content (AvgIpc) is 2.95. The van der Waals surface area contributed by atoms with Gasteiger partial charge in [-0.1, -0.05) is 49.7 Å². The van der Waals surface area contributed by atoms with Crippen molar-refractivity contribution in [2.75, 3.05) is 23.8 Å². The van der Waals surface area contributed by atoms with Gasteiger partial charge in [0.15, 0.2) is 5.82 Å². The van der Waals surface area contributed by atoms with Gasteiger partial charge in [-0.25, -0.2) is 4.98 Å². The lowest BCUT2D eigenvalue weighted by Gasteiger charge is -2.25. The second-order valence-electron chi connectivity index (χ2n) is 8.56. The van der Waals surface area contributed by atoms with Crippen LogP contribution in [0, 0.1) is 0 Å². The molecule has 7 nitrogen and oxygen atoms in total. The molecule has 0 fully saturated rings. The summed E-state index contributed by atoms with van der Waals surface area (Å²) < 4.78 is 6.10. The molecule has 0 unspecified atom stereocenters. The first kappa shape index (κ1) is 22.9. The SMILES string of the molecule is CCNC(=O)c1ccccc1Nc1nc(Nc2cccc3c2OCCCC3(C)C)ncc1Cl. The van der Waals surface area contributed by atoms with Crippen molar-refractivity contribution in [1.82, 2.24) is 15.3 Å². The molecule has 3 aromatic rings. The lowest BCUT2D eigenvalue weighted by Crippen LogP contribution is -2.23. The van der Waals surface area contributed by atoms with Crippen molar-refractivity contribution >= 4 is 40.6 Å². The van der Waals surface area contributed by atoms with Gasteiger partial charge in [-0.3, -0.25) is 4.79 Å². The molecular weight excluding hydrogens is 438 g/mol. The molecule has 0 saturated carbocycles. The fraction of sp³-hybridized carbons (Fsp3) is 0.320. The Morgan fingerprint density at radius 3 is 2.73 bits per heavy atom. The molecule has 0 bridgehead atoms. The van der Waals surface area contributed by atoms with Crippen molar-refractivity contribution in [3.05, 3.63) is 64.8 Å². The number of nitrogens with one attached hydrogen (secondary N) is 3. The van der Waals surface area contributed by atoms with Gasteiger partial charge in [-0.15, -0.1) is 0 Å². The minimum Gasteiger partial charge on any atom is -0.491 e. The molecular formula is C25H28ClN5O2. The van der Waals surface area contributed by atoms with Crippen molar-refractivity contribution in [3.63, 3.8) is 0 Å². The Morgan fingerprint density at radius 1 is 1.12 bits per heavy atom. The summed E-state index contributed by atoms with van der Waals surface area (Å²) in [5.41, 5.74) is 3.09. The number of para-hydroxylation sites is 2. The minimum absolute atomic E-state index is 0.0138. The van der Waals surface area contributed by atoms with Crippen molar-refractivity contribution in [1.29, 1.82) is 0 Å². The molecule has 8 heteroatoms. The lowest BCUT2D eigenvalue weighted by atomic mass is 9.80. The van der Waals surface area contributed by atoms with E-state index in [1.165, 1.54) is 6.20 Å². The van der Waals surface area contributed by atoms with E-state index in [1.807, 2.05) is 37.3 Å². The number of nitrogens with zero attached hydrogens (tertiary/aromatic N) is 2. The molecule has 4 rings (SSSR count). The monoisotopic (exact) mass is 465 g/mol. The predicted molar refractivity (Wildman–Crippen MR) is 132 cm³/mol. The standard InChI is InChI=1S/C25H28ClN5O2/c1-4-27-23(32)16-9-5-6-11-19(16)29-22-18(26)15-28-24(31-22)30-20-12-7-10-17-21(20)33-14-8-13-25(17,2)3/h5-7,9-12,15H,4,8,13-14H2,1-3H3,(H,27,32)(H2,28,29,30,31). The molecule has 0 spiro atoms. The highest BCUT2D eigenvalue weighted by Crippen LogP contribution is 2.42. The zero-order valence-electron chi connectivity index (χ0n) is 19.0. The number of halogens is 1. The van der Waals surface area contributed by atoms with Crippen LogP contribution in [0.2, 0.25) is 5.02 Å². The van der Waals surface area contributed by atoms with E-state index in [-0.39, 0.29) is 11.3 Å². The number of carbonyl (C=O) groups excluding carboxylic acids is 1. The highest BCUT2D eigenvalue weighted by molar-refractivity contribution is 6.33. The van der Waals surface area contributed by atoms with Gasteiger partial charge in [0.05, 0.1) is 29.7 Å². The maximum absolute atomic E-state index is 12.4. The van der Waals surface area contributed by atoms with Crippen LogP contribution in [0.5, 0.6) is 5.75 Å². The van der Waals surface area contributed by atoms with Crippen LogP contribution in [-0.2, 0) is 5.41 Å². The van der Waals surface area contributed by atoms with Gasteiger partial charge in [0.1, 0.15) is 10.8 Å². The zero-order valence-corrected chi connectivity index (χ0v) is 19.8. The summed E-state index contributed by atoms with van der Waals surface area (Å²) in [6, 6.07) is 13.3. The molecule has 2 aromatic carbocycles. The first-order chi connectivity index (χ1) is 15.9. The number of carbonyl (C=O) groups is 1. The molecule has 0 aliphatic carbocycles. The Morgan fingerprint density at radius 2 is 1.91 bits per heavy atom. The highest BCUT2D eigenvalue weighted by atomic mass is 35.5. The van der Waals surface area contributed by atoms with E-state index in [4.69, 9.17) is 16.3 Å². The number of aromatic nitrogens is 2. The fourth-order valence-electron chi connectivity index (χ4n) is 3.96. The number of amides is 1. The van der Waals surface area contributed by atoms with Crippen LogP contribution in [0.3, 0.4) is 0 Å². The van der Waals surface area contributed by atoms with Crippen molar-refractivity contribution < 1.29 is 9.53 Å². The molecule has 2 heterocycles. The number of hydrogen-bond acceptors (Lipinski definition) is 6. The summed E-state index contributed by atoms with van der Waals surface area (Å²) in [6.07, 6.45) is 3.58. The molecule has 3 N–H and O–H groups in total. The van der Waals surface area contributed by atoms with Gasteiger partial charge >= 0.3 is 0 Å². The van der Waals surface area contributed by atoms with Crippen LogP contribution >= 0.6 is 11.6 Å². The molecule has 1 amide bonds. The number of hydrogen-bond donors (Lipinski definition) is 3. The Balaban J connectivity index is 1.64. The van der Waals surface area contributed by atoms with E-state index in [1.54, 1.807) is 6.07 Å².